The van der Waals surface area contributed by atoms with Gasteiger partial charge in [-0.05, 0) is 35.2 Å². The number of rotatable bonds is 4. The Morgan fingerprint density at radius 2 is 2.09 bits per heavy atom. The molecule has 2 rings (SSSR count). The van der Waals surface area contributed by atoms with Crippen LogP contribution in [0.4, 0.5) is 0 Å². The maximum Gasteiger partial charge on any atom is 0.311 e. The van der Waals surface area contributed by atoms with Crippen LogP contribution in [0.3, 0.4) is 0 Å². The van der Waals surface area contributed by atoms with Crippen molar-refractivity contribution in [2.45, 2.75) is 27.2 Å². The molecule has 22 heavy (non-hydrogen) atoms. The highest BCUT2D eigenvalue weighted by atomic mass is 79.9. The summed E-state index contributed by atoms with van der Waals surface area (Å²) < 4.78 is 6.11. The summed E-state index contributed by atoms with van der Waals surface area (Å²) in [7, 11) is 1.53. The number of ether oxygens (including phenoxy) is 1. The lowest BCUT2D eigenvalue weighted by Gasteiger charge is -2.28. The smallest absolute Gasteiger partial charge is 0.311 e. The van der Waals surface area contributed by atoms with E-state index in [4.69, 9.17) is 4.74 Å². The lowest BCUT2D eigenvalue weighted by molar-refractivity contribution is -0.150. The number of nitrogens with zero attached hydrogens (tertiary/aromatic N) is 1. The number of hydrogen-bond acceptors (Lipinski definition) is 4. The van der Waals surface area contributed by atoms with Crippen LogP contribution in [0.2, 0.25) is 0 Å². The Bertz CT molecular complexity index is 613. The molecule has 1 amide bonds. The van der Waals surface area contributed by atoms with Crippen molar-refractivity contribution in [2.24, 2.45) is 11.3 Å². The minimum absolute atomic E-state index is 0.0264. The Labute approximate surface area is 142 Å². The van der Waals surface area contributed by atoms with Crippen LogP contribution in [-0.2, 0) is 4.79 Å². The number of carboxylic acids is 1. The molecule has 1 aliphatic heterocycles. The van der Waals surface area contributed by atoms with E-state index >= 15 is 0 Å². The van der Waals surface area contributed by atoms with Crippen molar-refractivity contribution in [1.82, 2.24) is 4.90 Å². The number of carboxylic acid groups (broad SMARTS) is 1. The Kier molecular flexibility index (Phi) is 4.87. The number of amides is 1. The van der Waals surface area contributed by atoms with Gasteiger partial charge in [0.15, 0.2) is 5.75 Å². The molecule has 1 N–H and O–H groups in total. The van der Waals surface area contributed by atoms with E-state index in [2.05, 4.69) is 15.9 Å². The topological polar surface area (TPSA) is 66.8 Å². The number of methoxy groups -OCH3 is 1. The molecule has 0 aromatic carbocycles. The monoisotopic (exact) mass is 389 g/mol. The van der Waals surface area contributed by atoms with E-state index in [1.165, 1.54) is 18.4 Å². The number of aliphatic carboxylic acids is 1. The van der Waals surface area contributed by atoms with E-state index in [0.717, 1.165) is 9.35 Å². The molecule has 0 bridgehead atoms. The maximum absolute atomic E-state index is 12.8. The quantitative estimate of drug-likeness (QED) is 0.856. The van der Waals surface area contributed by atoms with Crippen molar-refractivity contribution in [2.75, 3.05) is 20.2 Å². The predicted molar refractivity (Wildman–Crippen MR) is 88.7 cm³/mol. The normalized spacial score (nSPS) is 21.5. The number of carbonyl (C=O) groups excluding carboxylic acids is 1. The van der Waals surface area contributed by atoms with Crippen molar-refractivity contribution >= 4 is 39.1 Å². The fourth-order valence-electron chi connectivity index (χ4n) is 2.87. The van der Waals surface area contributed by atoms with Crippen LogP contribution in [-0.4, -0.2) is 42.1 Å². The van der Waals surface area contributed by atoms with Crippen LogP contribution in [0.15, 0.2) is 4.47 Å². The van der Waals surface area contributed by atoms with E-state index in [9.17, 15) is 14.7 Å². The first-order chi connectivity index (χ1) is 10.2. The highest BCUT2D eigenvalue weighted by Gasteiger charge is 2.49. The molecular weight excluding hydrogens is 370 g/mol. The van der Waals surface area contributed by atoms with Gasteiger partial charge in [-0.1, -0.05) is 13.8 Å². The summed E-state index contributed by atoms with van der Waals surface area (Å²) in [6, 6.07) is 0. The van der Waals surface area contributed by atoms with Crippen molar-refractivity contribution in [3.63, 3.8) is 0 Å². The number of likely N-dealkylation sites (tertiary alicyclic amines) is 1. The van der Waals surface area contributed by atoms with Crippen LogP contribution in [0.1, 0.15) is 34.8 Å². The summed E-state index contributed by atoms with van der Waals surface area (Å²) in [6.07, 6.45) is 0.486. The molecule has 0 spiro atoms. The van der Waals surface area contributed by atoms with E-state index in [1.54, 1.807) is 4.90 Å². The van der Waals surface area contributed by atoms with Gasteiger partial charge in [0, 0.05) is 18.0 Å². The zero-order chi connectivity index (χ0) is 16.7. The van der Waals surface area contributed by atoms with Crippen LogP contribution >= 0.6 is 27.3 Å². The molecule has 1 aromatic rings. The van der Waals surface area contributed by atoms with Crippen LogP contribution in [0.5, 0.6) is 5.75 Å². The summed E-state index contributed by atoms with van der Waals surface area (Å²) in [6.45, 7) is 6.41. The van der Waals surface area contributed by atoms with Crippen molar-refractivity contribution < 1.29 is 19.4 Å². The number of hydrogen-bond donors (Lipinski definition) is 1. The van der Waals surface area contributed by atoms with Gasteiger partial charge >= 0.3 is 5.97 Å². The molecule has 0 aliphatic carbocycles. The molecule has 1 fully saturated rings. The van der Waals surface area contributed by atoms with Gasteiger partial charge in [0.25, 0.3) is 5.91 Å². The van der Waals surface area contributed by atoms with Gasteiger partial charge in [-0.25, -0.2) is 0 Å². The van der Waals surface area contributed by atoms with Gasteiger partial charge in [-0.3, -0.25) is 9.59 Å². The van der Waals surface area contributed by atoms with Gasteiger partial charge in [-0.15, -0.1) is 11.3 Å². The molecule has 122 valence electrons. The minimum atomic E-state index is -0.855. The summed E-state index contributed by atoms with van der Waals surface area (Å²) in [5.41, 5.74) is -0.855. The molecule has 2 heterocycles. The Morgan fingerprint density at radius 3 is 2.55 bits per heavy atom. The minimum Gasteiger partial charge on any atom is -0.494 e. The molecular formula is C15H20BrNO4S. The third-order valence-corrected chi connectivity index (χ3v) is 6.78. The van der Waals surface area contributed by atoms with Gasteiger partial charge < -0.3 is 14.7 Å². The first-order valence-corrected chi connectivity index (χ1v) is 8.71. The van der Waals surface area contributed by atoms with E-state index in [0.29, 0.717) is 23.6 Å². The van der Waals surface area contributed by atoms with Crippen LogP contribution in [0, 0.1) is 18.3 Å². The summed E-state index contributed by atoms with van der Waals surface area (Å²) in [5.74, 6) is -0.473. The van der Waals surface area contributed by atoms with Gasteiger partial charge in [0.2, 0.25) is 0 Å². The maximum atomic E-state index is 12.8. The standard InChI is InChI=1S/C15H20BrNO4S/c1-8(2)15(14(19)20)5-6-17(7-15)13(18)12-11(21-4)10(16)9(3)22-12/h8H,5-7H2,1-4H3,(H,19,20). The average molecular weight is 390 g/mol. The SMILES string of the molecule is COc1c(C(=O)N2CCC(C(=O)O)(C(C)C)C2)sc(C)c1Br. The van der Waals surface area contributed by atoms with E-state index in [1.807, 2.05) is 20.8 Å². The fraction of sp³-hybridized carbons (Fsp3) is 0.600. The molecule has 1 aromatic heterocycles. The summed E-state index contributed by atoms with van der Waals surface area (Å²) in [4.78, 5) is 27.6. The number of aryl methyl sites for hydroxylation is 1. The Morgan fingerprint density at radius 1 is 1.45 bits per heavy atom. The third-order valence-electron chi connectivity index (χ3n) is 4.49. The molecule has 1 aliphatic rings. The molecule has 5 nitrogen and oxygen atoms in total. The molecule has 1 atom stereocenters. The molecule has 1 unspecified atom stereocenters. The average Bonchev–Trinajstić information content (AvgIpc) is 3.02. The first-order valence-electron chi connectivity index (χ1n) is 7.10. The Balaban J connectivity index is 2.30. The molecule has 7 heteroatoms. The van der Waals surface area contributed by atoms with Gasteiger partial charge in [0.1, 0.15) is 4.88 Å². The zero-order valence-corrected chi connectivity index (χ0v) is 15.5. The van der Waals surface area contributed by atoms with E-state index < -0.39 is 11.4 Å². The lowest BCUT2D eigenvalue weighted by atomic mass is 9.76. The summed E-state index contributed by atoms with van der Waals surface area (Å²) >= 11 is 4.79. The number of halogens is 1. The van der Waals surface area contributed by atoms with Crippen molar-refractivity contribution in [3.05, 3.63) is 14.2 Å². The largest absolute Gasteiger partial charge is 0.494 e. The number of carbonyl (C=O) groups is 2. The lowest BCUT2D eigenvalue weighted by Crippen LogP contribution is -2.40. The Hall–Kier alpha value is -1.08. The second-order valence-electron chi connectivity index (χ2n) is 5.93. The highest BCUT2D eigenvalue weighted by molar-refractivity contribution is 9.10. The van der Waals surface area contributed by atoms with Crippen LogP contribution in [0.25, 0.3) is 0 Å². The molecule has 0 radical (unpaired) electrons. The first kappa shape index (κ1) is 17.3. The van der Waals surface area contributed by atoms with Gasteiger partial charge in [-0.2, -0.15) is 0 Å². The second kappa shape index (κ2) is 6.20. The van der Waals surface area contributed by atoms with E-state index in [-0.39, 0.29) is 18.4 Å². The zero-order valence-electron chi connectivity index (χ0n) is 13.1. The van der Waals surface area contributed by atoms with Gasteiger partial charge in [0.05, 0.1) is 17.0 Å². The second-order valence-corrected chi connectivity index (χ2v) is 7.95. The highest BCUT2D eigenvalue weighted by Crippen LogP contribution is 2.43. The van der Waals surface area contributed by atoms with Crippen molar-refractivity contribution in [1.29, 1.82) is 0 Å². The summed E-state index contributed by atoms with van der Waals surface area (Å²) in [5, 5.41) is 9.59. The molecule has 0 saturated carbocycles. The van der Waals surface area contributed by atoms with Crippen molar-refractivity contribution in [3.8, 4) is 5.75 Å². The third kappa shape index (κ3) is 2.65. The predicted octanol–water partition coefficient (Wildman–Crippen LogP) is 3.40. The van der Waals surface area contributed by atoms with Crippen LogP contribution < -0.4 is 4.74 Å². The fourth-order valence-corrected chi connectivity index (χ4v) is 4.59. The number of thiophene rings is 1. The molecule has 1 saturated heterocycles.